The molecule has 2 aliphatic carbocycles. The smallest absolute Gasteiger partial charge is 0.201 e. The lowest BCUT2D eigenvalue weighted by atomic mass is 9.84. The van der Waals surface area contributed by atoms with E-state index in [4.69, 9.17) is 0 Å². The molecule has 0 saturated heterocycles. The summed E-state index contributed by atoms with van der Waals surface area (Å²) in [5.41, 5.74) is 2.16. The zero-order valence-electron chi connectivity index (χ0n) is 11.4. The van der Waals surface area contributed by atoms with Crippen molar-refractivity contribution in [2.24, 2.45) is 17.8 Å². The van der Waals surface area contributed by atoms with Gasteiger partial charge >= 0.3 is 0 Å². The van der Waals surface area contributed by atoms with Crippen molar-refractivity contribution in [1.82, 2.24) is 9.97 Å². The number of hydrogen-bond acceptors (Lipinski definition) is 2. The van der Waals surface area contributed by atoms with E-state index in [2.05, 4.69) is 34.3 Å². The predicted octanol–water partition coefficient (Wildman–Crippen LogP) is 3.80. The average Bonchev–Trinajstić information content (AvgIpc) is 3.12. The van der Waals surface area contributed by atoms with Crippen molar-refractivity contribution < 1.29 is 0 Å². The van der Waals surface area contributed by atoms with E-state index in [0.717, 1.165) is 34.7 Å². The Morgan fingerprint density at radius 2 is 2.16 bits per heavy atom. The zero-order chi connectivity index (χ0) is 12.8. The van der Waals surface area contributed by atoms with Crippen molar-refractivity contribution in [1.29, 1.82) is 0 Å². The van der Waals surface area contributed by atoms with Crippen LogP contribution in [0.25, 0.3) is 11.0 Å². The van der Waals surface area contributed by atoms with Crippen LogP contribution in [-0.4, -0.2) is 16.0 Å². The molecule has 3 nitrogen and oxygen atoms in total. The van der Waals surface area contributed by atoms with E-state index in [9.17, 15) is 0 Å². The van der Waals surface area contributed by atoms with Gasteiger partial charge in [0.15, 0.2) is 0 Å². The fraction of sp³-hybridized carbons (Fsp3) is 0.562. The molecule has 3 heteroatoms. The summed E-state index contributed by atoms with van der Waals surface area (Å²) in [5, 5.41) is 3.59. The lowest BCUT2D eigenvalue weighted by molar-refractivity contribution is 0.303. The molecule has 4 unspecified atom stereocenters. The maximum atomic E-state index is 4.62. The molecule has 2 aromatic rings. The summed E-state index contributed by atoms with van der Waals surface area (Å²) in [4.78, 5) is 7.99. The van der Waals surface area contributed by atoms with Gasteiger partial charge < -0.3 is 10.3 Å². The first kappa shape index (κ1) is 11.3. The summed E-state index contributed by atoms with van der Waals surface area (Å²) in [7, 11) is 0. The number of nitrogens with zero attached hydrogens (tertiary/aromatic N) is 1. The van der Waals surface area contributed by atoms with Gasteiger partial charge in [-0.3, -0.25) is 0 Å². The SMILES string of the molecule is CC(Nc1nc2ccccc2[nH]1)C1CC2CCC1C2. The van der Waals surface area contributed by atoms with Crippen LogP contribution in [0.1, 0.15) is 32.6 Å². The van der Waals surface area contributed by atoms with E-state index >= 15 is 0 Å². The van der Waals surface area contributed by atoms with Crippen LogP contribution < -0.4 is 5.32 Å². The fourth-order valence-electron chi connectivity index (χ4n) is 4.25. The number of nitrogens with one attached hydrogen (secondary N) is 2. The Bertz CT molecular complexity index is 555. The minimum absolute atomic E-state index is 0.524. The van der Waals surface area contributed by atoms with Crippen LogP contribution in [0.15, 0.2) is 24.3 Å². The number of aromatic amines is 1. The number of para-hydroxylation sites is 2. The summed E-state index contributed by atoms with van der Waals surface area (Å²) in [5.74, 6) is 3.73. The molecule has 2 saturated carbocycles. The van der Waals surface area contributed by atoms with E-state index in [1.165, 1.54) is 25.7 Å². The molecular weight excluding hydrogens is 234 g/mol. The molecule has 2 fully saturated rings. The molecule has 4 atom stereocenters. The van der Waals surface area contributed by atoms with Crippen LogP contribution in [0.3, 0.4) is 0 Å². The molecule has 2 bridgehead atoms. The summed E-state index contributed by atoms with van der Waals surface area (Å²) >= 11 is 0. The van der Waals surface area contributed by atoms with Crippen LogP contribution in [0.2, 0.25) is 0 Å². The van der Waals surface area contributed by atoms with Crippen molar-refractivity contribution in [3.63, 3.8) is 0 Å². The zero-order valence-corrected chi connectivity index (χ0v) is 11.4. The molecule has 4 rings (SSSR count). The minimum atomic E-state index is 0.524. The highest BCUT2D eigenvalue weighted by molar-refractivity contribution is 5.77. The Balaban J connectivity index is 1.51. The van der Waals surface area contributed by atoms with E-state index in [-0.39, 0.29) is 0 Å². The monoisotopic (exact) mass is 255 g/mol. The summed E-state index contributed by atoms with van der Waals surface area (Å²) in [6.07, 6.45) is 5.80. The Hall–Kier alpha value is -1.51. The molecule has 2 aliphatic rings. The molecule has 0 amide bonds. The van der Waals surface area contributed by atoms with E-state index in [0.29, 0.717) is 6.04 Å². The van der Waals surface area contributed by atoms with Crippen molar-refractivity contribution in [3.05, 3.63) is 24.3 Å². The molecule has 0 aliphatic heterocycles. The number of rotatable bonds is 3. The number of imidazole rings is 1. The lowest BCUT2D eigenvalue weighted by Crippen LogP contribution is -2.30. The Kier molecular flexibility index (Phi) is 2.54. The summed E-state index contributed by atoms with van der Waals surface area (Å²) in [6, 6.07) is 8.74. The first-order valence-corrected chi connectivity index (χ1v) is 7.51. The van der Waals surface area contributed by atoms with Gasteiger partial charge in [-0.1, -0.05) is 18.6 Å². The molecule has 1 aromatic carbocycles. The molecule has 1 aromatic heterocycles. The van der Waals surface area contributed by atoms with Gasteiger partial charge in [0.2, 0.25) is 5.95 Å². The molecule has 100 valence electrons. The predicted molar refractivity (Wildman–Crippen MR) is 78.1 cm³/mol. The molecular formula is C16H21N3. The number of anilines is 1. The summed E-state index contributed by atoms with van der Waals surface area (Å²) in [6.45, 7) is 2.32. The van der Waals surface area contributed by atoms with E-state index < -0.39 is 0 Å². The number of H-pyrrole nitrogens is 1. The molecule has 1 heterocycles. The standard InChI is InChI=1S/C16H21N3/c1-10(13-9-11-6-7-12(13)8-11)17-16-18-14-4-2-3-5-15(14)19-16/h2-5,10-13H,6-9H2,1H3,(H2,17,18,19). The van der Waals surface area contributed by atoms with Crippen molar-refractivity contribution in [2.45, 2.75) is 38.6 Å². The van der Waals surface area contributed by atoms with Gasteiger partial charge in [-0.25, -0.2) is 4.98 Å². The molecule has 0 radical (unpaired) electrons. The Morgan fingerprint density at radius 1 is 1.26 bits per heavy atom. The third-order valence-electron chi connectivity index (χ3n) is 5.19. The van der Waals surface area contributed by atoms with Crippen molar-refractivity contribution >= 4 is 17.0 Å². The third-order valence-corrected chi connectivity index (χ3v) is 5.19. The first-order chi connectivity index (χ1) is 9.29. The average molecular weight is 255 g/mol. The molecule has 2 N–H and O–H groups in total. The van der Waals surface area contributed by atoms with Crippen molar-refractivity contribution in [3.8, 4) is 0 Å². The van der Waals surface area contributed by atoms with Gasteiger partial charge in [-0.15, -0.1) is 0 Å². The van der Waals surface area contributed by atoms with E-state index in [1.807, 2.05) is 12.1 Å². The second-order valence-corrected chi connectivity index (χ2v) is 6.37. The molecule has 19 heavy (non-hydrogen) atoms. The van der Waals surface area contributed by atoms with Gasteiger partial charge in [0.1, 0.15) is 0 Å². The number of fused-ring (bicyclic) bond motifs is 3. The van der Waals surface area contributed by atoms with Gasteiger partial charge in [-0.05, 0) is 56.1 Å². The highest BCUT2D eigenvalue weighted by atomic mass is 15.1. The van der Waals surface area contributed by atoms with Crippen LogP contribution in [0, 0.1) is 17.8 Å². The van der Waals surface area contributed by atoms with Crippen LogP contribution in [-0.2, 0) is 0 Å². The normalized spacial score (nSPS) is 30.9. The molecule has 0 spiro atoms. The second kappa shape index (κ2) is 4.26. The third kappa shape index (κ3) is 1.92. The number of benzene rings is 1. The Morgan fingerprint density at radius 3 is 2.89 bits per heavy atom. The van der Waals surface area contributed by atoms with Crippen LogP contribution >= 0.6 is 0 Å². The van der Waals surface area contributed by atoms with Gasteiger partial charge in [0, 0.05) is 6.04 Å². The lowest BCUT2D eigenvalue weighted by Gasteiger charge is -2.28. The van der Waals surface area contributed by atoms with E-state index in [1.54, 1.807) is 0 Å². The second-order valence-electron chi connectivity index (χ2n) is 6.37. The highest BCUT2D eigenvalue weighted by Gasteiger charge is 2.41. The maximum Gasteiger partial charge on any atom is 0.201 e. The van der Waals surface area contributed by atoms with Gasteiger partial charge in [0.25, 0.3) is 0 Å². The number of hydrogen-bond donors (Lipinski definition) is 2. The topological polar surface area (TPSA) is 40.7 Å². The fourth-order valence-corrected chi connectivity index (χ4v) is 4.25. The van der Waals surface area contributed by atoms with Crippen LogP contribution in [0.4, 0.5) is 5.95 Å². The van der Waals surface area contributed by atoms with Crippen molar-refractivity contribution in [2.75, 3.05) is 5.32 Å². The minimum Gasteiger partial charge on any atom is -0.353 e. The Labute approximate surface area is 113 Å². The maximum absolute atomic E-state index is 4.62. The first-order valence-electron chi connectivity index (χ1n) is 7.51. The van der Waals surface area contributed by atoms with Gasteiger partial charge in [-0.2, -0.15) is 0 Å². The number of aromatic nitrogens is 2. The quantitative estimate of drug-likeness (QED) is 0.875. The highest BCUT2D eigenvalue weighted by Crippen LogP contribution is 2.49. The van der Waals surface area contributed by atoms with Gasteiger partial charge in [0.05, 0.1) is 11.0 Å². The summed E-state index contributed by atoms with van der Waals surface area (Å²) < 4.78 is 0. The van der Waals surface area contributed by atoms with Crippen LogP contribution in [0.5, 0.6) is 0 Å². The largest absolute Gasteiger partial charge is 0.353 e.